The SMILES string of the molecule is O=C(O)CNC(=O)CNC(=O)COc1ccc(F)cc1. The molecule has 0 saturated heterocycles. The van der Waals surface area contributed by atoms with Gasteiger partial charge in [0, 0.05) is 0 Å². The zero-order valence-electron chi connectivity index (χ0n) is 10.4. The summed E-state index contributed by atoms with van der Waals surface area (Å²) in [6.45, 7) is -1.20. The first-order valence-corrected chi connectivity index (χ1v) is 5.61. The zero-order valence-corrected chi connectivity index (χ0v) is 10.4. The molecule has 0 unspecified atom stereocenters. The van der Waals surface area contributed by atoms with E-state index in [-0.39, 0.29) is 13.2 Å². The van der Waals surface area contributed by atoms with E-state index in [0.29, 0.717) is 5.75 Å². The summed E-state index contributed by atoms with van der Waals surface area (Å²) in [5, 5.41) is 12.6. The summed E-state index contributed by atoms with van der Waals surface area (Å²) in [5.41, 5.74) is 0. The van der Waals surface area contributed by atoms with Crippen molar-refractivity contribution in [2.45, 2.75) is 0 Å². The number of carbonyl (C=O) groups excluding carboxylic acids is 2. The molecule has 0 aliphatic rings. The van der Waals surface area contributed by atoms with Gasteiger partial charge in [0.25, 0.3) is 5.91 Å². The number of halogens is 1. The molecule has 3 N–H and O–H groups in total. The predicted molar refractivity (Wildman–Crippen MR) is 65.6 cm³/mol. The number of rotatable bonds is 7. The number of nitrogens with one attached hydrogen (secondary N) is 2. The second-order valence-electron chi connectivity index (χ2n) is 3.69. The smallest absolute Gasteiger partial charge is 0.322 e. The highest BCUT2D eigenvalue weighted by molar-refractivity contribution is 5.87. The summed E-state index contributed by atoms with van der Waals surface area (Å²) >= 11 is 0. The molecule has 0 fully saturated rings. The Morgan fingerprint density at radius 3 is 2.25 bits per heavy atom. The summed E-state index contributed by atoms with van der Waals surface area (Å²) in [6, 6.07) is 5.10. The van der Waals surface area contributed by atoms with Crippen LogP contribution < -0.4 is 15.4 Å². The molecule has 0 radical (unpaired) electrons. The average molecular weight is 284 g/mol. The lowest BCUT2D eigenvalue weighted by Crippen LogP contribution is -2.40. The number of benzene rings is 1. The topological polar surface area (TPSA) is 105 Å². The minimum Gasteiger partial charge on any atom is -0.484 e. The van der Waals surface area contributed by atoms with Crippen LogP contribution in [-0.2, 0) is 14.4 Å². The number of aliphatic carboxylic acids is 1. The van der Waals surface area contributed by atoms with E-state index in [0.717, 1.165) is 0 Å². The monoisotopic (exact) mass is 284 g/mol. The van der Waals surface area contributed by atoms with Crippen LogP contribution in [0.5, 0.6) is 5.75 Å². The fourth-order valence-electron chi connectivity index (χ4n) is 1.15. The standard InChI is InChI=1S/C12H13FN2O5/c13-8-1-3-9(4-2-8)20-7-11(17)14-5-10(16)15-6-12(18)19/h1-4H,5-7H2,(H,14,17)(H,15,16)(H,18,19). The van der Waals surface area contributed by atoms with Crippen LogP contribution in [0.25, 0.3) is 0 Å². The molecule has 1 aromatic carbocycles. The van der Waals surface area contributed by atoms with Gasteiger partial charge in [-0.15, -0.1) is 0 Å². The van der Waals surface area contributed by atoms with E-state index in [1.165, 1.54) is 24.3 Å². The number of carboxylic acid groups (broad SMARTS) is 1. The van der Waals surface area contributed by atoms with Crippen LogP contribution in [0.4, 0.5) is 4.39 Å². The lowest BCUT2D eigenvalue weighted by atomic mass is 10.3. The van der Waals surface area contributed by atoms with Crippen molar-refractivity contribution in [1.29, 1.82) is 0 Å². The Hall–Kier alpha value is -2.64. The largest absolute Gasteiger partial charge is 0.484 e. The Bertz CT molecular complexity index is 489. The summed E-state index contributed by atoms with van der Waals surface area (Å²) in [7, 11) is 0. The molecule has 7 nitrogen and oxygen atoms in total. The van der Waals surface area contributed by atoms with E-state index in [1.54, 1.807) is 0 Å². The van der Waals surface area contributed by atoms with Crippen molar-refractivity contribution in [3.05, 3.63) is 30.1 Å². The van der Waals surface area contributed by atoms with Gasteiger partial charge in [-0.3, -0.25) is 14.4 Å². The van der Waals surface area contributed by atoms with Crippen molar-refractivity contribution in [1.82, 2.24) is 10.6 Å². The molecule has 1 rings (SSSR count). The number of amides is 2. The van der Waals surface area contributed by atoms with Crippen LogP contribution in [0.1, 0.15) is 0 Å². The van der Waals surface area contributed by atoms with E-state index >= 15 is 0 Å². The van der Waals surface area contributed by atoms with Gasteiger partial charge in [0.2, 0.25) is 5.91 Å². The first-order valence-electron chi connectivity index (χ1n) is 5.61. The van der Waals surface area contributed by atoms with Crippen molar-refractivity contribution < 1.29 is 28.6 Å². The number of carbonyl (C=O) groups is 3. The molecule has 2 amide bonds. The lowest BCUT2D eigenvalue weighted by Gasteiger charge is -2.07. The maximum absolute atomic E-state index is 12.6. The van der Waals surface area contributed by atoms with Crippen molar-refractivity contribution in [2.24, 2.45) is 0 Å². The maximum atomic E-state index is 12.6. The minimum atomic E-state index is -1.18. The third-order valence-electron chi connectivity index (χ3n) is 2.07. The normalized spacial score (nSPS) is 9.65. The fraction of sp³-hybridized carbons (Fsp3) is 0.250. The van der Waals surface area contributed by atoms with Gasteiger partial charge < -0.3 is 20.5 Å². The summed E-state index contributed by atoms with van der Waals surface area (Å²) in [4.78, 5) is 32.6. The zero-order chi connectivity index (χ0) is 15.0. The van der Waals surface area contributed by atoms with Gasteiger partial charge in [0.1, 0.15) is 18.1 Å². The van der Waals surface area contributed by atoms with Crippen LogP contribution in [0.15, 0.2) is 24.3 Å². The third-order valence-corrected chi connectivity index (χ3v) is 2.07. The van der Waals surface area contributed by atoms with Crippen LogP contribution in [0.2, 0.25) is 0 Å². The van der Waals surface area contributed by atoms with Gasteiger partial charge in [0.05, 0.1) is 6.54 Å². The minimum absolute atomic E-state index is 0.317. The molecule has 0 saturated carbocycles. The van der Waals surface area contributed by atoms with Crippen molar-refractivity contribution in [3.63, 3.8) is 0 Å². The van der Waals surface area contributed by atoms with Crippen LogP contribution in [-0.4, -0.2) is 42.6 Å². The number of hydrogen-bond acceptors (Lipinski definition) is 4. The molecule has 20 heavy (non-hydrogen) atoms. The molecule has 0 aliphatic carbocycles. The third kappa shape index (κ3) is 6.34. The van der Waals surface area contributed by atoms with E-state index in [1.807, 2.05) is 0 Å². The van der Waals surface area contributed by atoms with Crippen LogP contribution >= 0.6 is 0 Å². The summed E-state index contributed by atoms with van der Waals surface area (Å²) in [5.74, 6) is -2.46. The number of carboxylic acids is 1. The average Bonchev–Trinajstić information content (AvgIpc) is 2.42. The highest BCUT2D eigenvalue weighted by atomic mass is 19.1. The first kappa shape index (κ1) is 15.4. The van der Waals surface area contributed by atoms with Crippen molar-refractivity contribution in [3.8, 4) is 5.75 Å². The maximum Gasteiger partial charge on any atom is 0.322 e. The highest BCUT2D eigenvalue weighted by Crippen LogP contribution is 2.10. The second kappa shape index (κ2) is 7.72. The van der Waals surface area contributed by atoms with Crippen LogP contribution in [0.3, 0.4) is 0 Å². The van der Waals surface area contributed by atoms with Gasteiger partial charge in [-0.2, -0.15) is 0 Å². The molecular formula is C12H13FN2O5. The lowest BCUT2D eigenvalue weighted by molar-refractivity contribution is -0.137. The van der Waals surface area contributed by atoms with Crippen molar-refractivity contribution >= 4 is 17.8 Å². The number of ether oxygens (including phenoxy) is 1. The Balaban J connectivity index is 2.21. The van der Waals surface area contributed by atoms with E-state index < -0.39 is 30.1 Å². The highest BCUT2D eigenvalue weighted by Gasteiger charge is 2.07. The van der Waals surface area contributed by atoms with Crippen LogP contribution in [0, 0.1) is 5.82 Å². The summed E-state index contributed by atoms with van der Waals surface area (Å²) < 4.78 is 17.7. The molecule has 0 bridgehead atoms. The Morgan fingerprint density at radius 1 is 1.05 bits per heavy atom. The molecule has 108 valence electrons. The van der Waals surface area contributed by atoms with Gasteiger partial charge in [-0.05, 0) is 24.3 Å². The first-order chi connectivity index (χ1) is 9.47. The molecule has 0 spiro atoms. The molecule has 1 aromatic rings. The van der Waals surface area contributed by atoms with Crippen molar-refractivity contribution in [2.75, 3.05) is 19.7 Å². The molecule has 8 heteroatoms. The van der Waals surface area contributed by atoms with Gasteiger partial charge >= 0.3 is 5.97 Å². The van der Waals surface area contributed by atoms with E-state index in [9.17, 15) is 18.8 Å². The molecule has 0 heterocycles. The molecule has 0 atom stereocenters. The van der Waals surface area contributed by atoms with Gasteiger partial charge in [0.15, 0.2) is 6.61 Å². The van der Waals surface area contributed by atoms with Gasteiger partial charge in [-0.1, -0.05) is 0 Å². The number of hydrogen-bond donors (Lipinski definition) is 3. The predicted octanol–water partition coefficient (Wildman–Crippen LogP) is -0.478. The van der Waals surface area contributed by atoms with E-state index in [4.69, 9.17) is 9.84 Å². The summed E-state index contributed by atoms with van der Waals surface area (Å²) in [6.07, 6.45) is 0. The molecule has 0 aliphatic heterocycles. The fourth-order valence-corrected chi connectivity index (χ4v) is 1.15. The van der Waals surface area contributed by atoms with Gasteiger partial charge in [-0.25, -0.2) is 4.39 Å². The Kier molecular flexibility index (Phi) is 5.95. The quantitative estimate of drug-likeness (QED) is 0.627. The second-order valence-corrected chi connectivity index (χ2v) is 3.69. The van der Waals surface area contributed by atoms with E-state index in [2.05, 4.69) is 10.6 Å². The molecular weight excluding hydrogens is 271 g/mol. The molecule has 0 aromatic heterocycles. The Labute approximate surface area is 113 Å². The Morgan fingerprint density at radius 2 is 1.65 bits per heavy atom.